The summed E-state index contributed by atoms with van der Waals surface area (Å²) in [5.41, 5.74) is 2.51. The minimum absolute atomic E-state index is 0. The van der Waals surface area contributed by atoms with Gasteiger partial charge in [0, 0.05) is 39.3 Å². The lowest BCUT2D eigenvalue weighted by Gasteiger charge is -2.21. The van der Waals surface area contributed by atoms with E-state index in [4.69, 9.17) is 0 Å². The molecule has 0 aliphatic carbocycles. The molecule has 0 amide bonds. The summed E-state index contributed by atoms with van der Waals surface area (Å²) < 4.78 is 28.1. The van der Waals surface area contributed by atoms with Gasteiger partial charge >= 0.3 is 0 Å². The summed E-state index contributed by atoms with van der Waals surface area (Å²) in [6.07, 6.45) is 0.785. The topological polar surface area (TPSA) is 42.9 Å². The number of anilines is 1. The maximum absolute atomic E-state index is 14.1. The molecule has 1 aliphatic rings. The molecule has 1 saturated heterocycles. The second-order valence-electron chi connectivity index (χ2n) is 7.72. The highest BCUT2D eigenvalue weighted by molar-refractivity contribution is 14.0. The van der Waals surface area contributed by atoms with Gasteiger partial charge in [-0.1, -0.05) is 37.3 Å². The van der Waals surface area contributed by atoms with Crippen molar-refractivity contribution in [1.29, 1.82) is 0 Å². The number of benzene rings is 2. The van der Waals surface area contributed by atoms with Gasteiger partial charge in [-0.15, -0.1) is 24.0 Å². The Morgan fingerprint density at radius 3 is 2.52 bits per heavy atom. The highest BCUT2D eigenvalue weighted by Crippen LogP contribution is 2.26. The first-order valence-corrected chi connectivity index (χ1v) is 10.4. The summed E-state index contributed by atoms with van der Waals surface area (Å²) in [5.74, 6) is -0.356. The van der Waals surface area contributed by atoms with Crippen LogP contribution in [0.25, 0.3) is 0 Å². The Kier molecular flexibility index (Phi) is 9.95. The van der Waals surface area contributed by atoms with Crippen LogP contribution in [0.1, 0.15) is 24.5 Å². The van der Waals surface area contributed by atoms with Gasteiger partial charge in [-0.2, -0.15) is 0 Å². The van der Waals surface area contributed by atoms with Crippen molar-refractivity contribution < 1.29 is 8.78 Å². The number of halogens is 3. The van der Waals surface area contributed by atoms with Crippen molar-refractivity contribution in [2.45, 2.75) is 32.5 Å². The van der Waals surface area contributed by atoms with Gasteiger partial charge in [0.2, 0.25) is 0 Å². The van der Waals surface area contributed by atoms with Gasteiger partial charge in [0.1, 0.15) is 17.3 Å². The lowest BCUT2D eigenvalue weighted by Crippen LogP contribution is -2.44. The van der Waals surface area contributed by atoms with Crippen LogP contribution in [0.4, 0.5) is 14.5 Å². The van der Waals surface area contributed by atoms with Crippen LogP contribution in [0.5, 0.6) is 0 Å². The number of hydrogen-bond acceptors (Lipinski definition) is 3. The van der Waals surface area contributed by atoms with Crippen LogP contribution in [0.15, 0.2) is 47.5 Å². The predicted octanol–water partition coefficient (Wildman–Crippen LogP) is 3.98. The van der Waals surface area contributed by atoms with E-state index >= 15 is 0 Å². The molecule has 1 fully saturated rings. The molecule has 8 heteroatoms. The number of nitrogens with zero attached hydrogens (tertiary/aromatic N) is 3. The first-order valence-electron chi connectivity index (χ1n) is 10.4. The Morgan fingerprint density at radius 1 is 1.16 bits per heavy atom. The molecular formula is C23H32F2IN5. The molecule has 2 aromatic carbocycles. The average Bonchev–Trinajstić information content (AvgIpc) is 3.19. The van der Waals surface area contributed by atoms with Gasteiger partial charge in [0.25, 0.3) is 0 Å². The third-order valence-electron chi connectivity index (χ3n) is 5.45. The maximum Gasteiger partial charge on any atom is 0.191 e. The molecule has 0 spiro atoms. The van der Waals surface area contributed by atoms with Gasteiger partial charge in [0.05, 0.1) is 0 Å². The second kappa shape index (κ2) is 12.2. The van der Waals surface area contributed by atoms with Crippen molar-refractivity contribution in [3.63, 3.8) is 0 Å². The van der Waals surface area contributed by atoms with Crippen molar-refractivity contribution in [1.82, 2.24) is 15.5 Å². The van der Waals surface area contributed by atoms with E-state index in [9.17, 15) is 8.78 Å². The van der Waals surface area contributed by atoms with Crippen LogP contribution in [-0.2, 0) is 13.1 Å². The Bertz CT molecular complexity index is 857. The molecule has 2 N–H and O–H groups in total. The number of nitrogens with one attached hydrogen (secondary N) is 2. The summed E-state index contributed by atoms with van der Waals surface area (Å²) in [4.78, 5) is 8.32. The molecule has 0 aromatic heterocycles. The Morgan fingerprint density at radius 2 is 1.84 bits per heavy atom. The molecule has 1 heterocycles. The van der Waals surface area contributed by atoms with Crippen LogP contribution in [0.3, 0.4) is 0 Å². The Labute approximate surface area is 200 Å². The van der Waals surface area contributed by atoms with Crippen molar-refractivity contribution in [2.24, 2.45) is 4.99 Å². The molecule has 0 saturated carbocycles. The standard InChI is InChI=1S/C23H31F2N5.HI/c1-4-29(3)15-18-8-5-7-17(13-18)14-27-23(26-2)28-19-11-12-30(16-19)22-20(24)9-6-10-21(22)25;/h5-10,13,19H,4,11-12,14-16H2,1-3H3,(H2,26,27,28);1H. The van der Waals surface area contributed by atoms with Crippen LogP contribution in [-0.4, -0.2) is 50.6 Å². The zero-order valence-corrected chi connectivity index (χ0v) is 20.7. The minimum atomic E-state index is -0.522. The van der Waals surface area contributed by atoms with Crippen LogP contribution >= 0.6 is 24.0 Å². The summed E-state index contributed by atoms with van der Waals surface area (Å²) in [6, 6.07) is 12.6. The number of para-hydroxylation sites is 1. The van der Waals surface area contributed by atoms with Crippen molar-refractivity contribution >= 4 is 35.6 Å². The van der Waals surface area contributed by atoms with E-state index in [1.165, 1.54) is 29.3 Å². The molecule has 5 nitrogen and oxygen atoms in total. The van der Waals surface area contributed by atoms with E-state index in [2.05, 4.69) is 58.8 Å². The van der Waals surface area contributed by atoms with E-state index in [0.717, 1.165) is 19.5 Å². The van der Waals surface area contributed by atoms with Gasteiger partial charge in [-0.25, -0.2) is 8.78 Å². The van der Waals surface area contributed by atoms with E-state index < -0.39 is 11.6 Å². The number of aliphatic imine (C=N–C) groups is 1. The van der Waals surface area contributed by atoms with Gasteiger partial charge in [0.15, 0.2) is 5.96 Å². The number of hydrogen-bond donors (Lipinski definition) is 2. The lowest BCUT2D eigenvalue weighted by molar-refractivity contribution is 0.345. The molecule has 3 rings (SSSR count). The largest absolute Gasteiger partial charge is 0.365 e. The zero-order valence-electron chi connectivity index (χ0n) is 18.4. The van der Waals surface area contributed by atoms with Crippen molar-refractivity contribution in [2.75, 3.05) is 38.6 Å². The fraction of sp³-hybridized carbons (Fsp3) is 0.435. The highest BCUT2D eigenvalue weighted by atomic mass is 127. The molecule has 0 radical (unpaired) electrons. The SMILES string of the molecule is CCN(C)Cc1cccc(CNC(=NC)NC2CCN(c3c(F)cccc3F)C2)c1.I. The fourth-order valence-electron chi connectivity index (χ4n) is 3.71. The van der Waals surface area contributed by atoms with Crippen LogP contribution in [0.2, 0.25) is 0 Å². The molecule has 1 unspecified atom stereocenters. The number of rotatable bonds is 7. The summed E-state index contributed by atoms with van der Waals surface area (Å²) in [7, 11) is 3.83. The monoisotopic (exact) mass is 543 g/mol. The smallest absolute Gasteiger partial charge is 0.191 e. The summed E-state index contributed by atoms with van der Waals surface area (Å²) in [6.45, 7) is 5.85. The highest BCUT2D eigenvalue weighted by Gasteiger charge is 2.27. The average molecular weight is 543 g/mol. The first kappa shape index (κ1) is 25.3. The van der Waals surface area contributed by atoms with E-state index in [0.29, 0.717) is 25.6 Å². The number of guanidine groups is 1. The first-order chi connectivity index (χ1) is 14.5. The summed E-state index contributed by atoms with van der Waals surface area (Å²) >= 11 is 0. The third-order valence-corrected chi connectivity index (χ3v) is 5.45. The quantitative estimate of drug-likeness (QED) is 0.315. The minimum Gasteiger partial charge on any atom is -0.365 e. The Hall–Kier alpha value is -1.94. The van der Waals surface area contributed by atoms with Gasteiger partial charge in [-0.05, 0) is 43.3 Å². The predicted molar refractivity (Wildman–Crippen MR) is 134 cm³/mol. The van der Waals surface area contributed by atoms with E-state index in [1.807, 2.05) is 0 Å². The molecule has 2 aromatic rings. The van der Waals surface area contributed by atoms with Crippen LogP contribution < -0.4 is 15.5 Å². The van der Waals surface area contributed by atoms with E-state index in [-0.39, 0.29) is 35.7 Å². The fourth-order valence-corrected chi connectivity index (χ4v) is 3.71. The molecule has 31 heavy (non-hydrogen) atoms. The molecule has 1 aliphatic heterocycles. The Balaban J connectivity index is 0.00000341. The lowest BCUT2D eigenvalue weighted by atomic mass is 10.1. The van der Waals surface area contributed by atoms with Gasteiger partial charge < -0.3 is 20.4 Å². The zero-order chi connectivity index (χ0) is 21.5. The van der Waals surface area contributed by atoms with Crippen LogP contribution in [0, 0.1) is 11.6 Å². The normalized spacial score (nSPS) is 16.4. The third kappa shape index (κ3) is 7.03. The molecule has 170 valence electrons. The summed E-state index contributed by atoms with van der Waals surface area (Å²) in [5, 5.41) is 6.72. The maximum atomic E-state index is 14.1. The van der Waals surface area contributed by atoms with Crippen molar-refractivity contribution in [3.05, 3.63) is 65.2 Å². The second-order valence-corrected chi connectivity index (χ2v) is 7.72. The molecule has 1 atom stereocenters. The van der Waals surface area contributed by atoms with Crippen molar-refractivity contribution in [3.8, 4) is 0 Å². The molecular weight excluding hydrogens is 511 g/mol. The van der Waals surface area contributed by atoms with E-state index in [1.54, 1.807) is 11.9 Å². The van der Waals surface area contributed by atoms with Gasteiger partial charge in [-0.3, -0.25) is 4.99 Å². The molecule has 0 bridgehead atoms.